The van der Waals surface area contributed by atoms with Crippen molar-refractivity contribution in [2.45, 2.75) is 19.4 Å². The fourth-order valence-corrected chi connectivity index (χ4v) is 2.20. The average Bonchev–Trinajstić information content (AvgIpc) is 3.28. The molecule has 4 heteroatoms. The van der Waals surface area contributed by atoms with Crippen LogP contribution >= 0.6 is 0 Å². The van der Waals surface area contributed by atoms with Crippen LogP contribution in [0.2, 0.25) is 0 Å². The lowest BCUT2D eigenvalue weighted by molar-refractivity contribution is 0.171. The van der Waals surface area contributed by atoms with Gasteiger partial charge in [0.1, 0.15) is 19.0 Å². The molecule has 1 saturated carbocycles. The number of fused-ring (bicyclic) bond motifs is 1. The molecule has 102 valence electrons. The smallest absolute Gasteiger partial charge is 0.161 e. The first-order valence-corrected chi connectivity index (χ1v) is 6.71. The summed E-state index contributed by atoms with van der Waals surface area (Å²) in [6.45, 7) is 2.86. The molecule has 1 aliphatic carbocycles. The van der Waals surface area contributed by atoms with Crippen molar-refractivity contribution in [3.63, 3.8) is 0 Å². The van der Waals surface area contributed by atoms with E-state index in [1.165, 1.54) is 24.0 Å². The van der Waals surface area contributed by atoms with Crippen LogP contribution in [0.5, 0.6) is 11.5 Å². The molecule has 0 atom stereocenters. The van der Waals surface area contributed by atoms with Crippen LogP contribution in [-0.2, 0) is 11.3 Å². The highest BCUT2D eigenvalue weighted by molar-refractivity contribution is 5.43. The minimum Gasteiger partial charge on any atom is -0.500 e. The van der Waals surface area contributed by atoms with Crippen molar-refractivity contribution >= 4 is 0 Å². The second kappa shape index (κ2) is 5.53. The Morgan fingerprint density at radius 2 is 2.00 bits per heavy atom. The van der Waals surface area contributed by atoms with Gasteiger partial charge in [0.25, 0.3) is 0 Å². The Morgan fingerprint density at radius 3 is 2.74 bits per heavy atom. The maximum atomic E-state index is 5.57. The highest BCUT2D eigenvalue weighted by atomic mass is 16.6. The van der Waals surface area contributed by atoms with Gasteiger partial charge < -0.3 is 19.5 Å². The summed E-state index contributed by atoms with van der Waals surface area (Å²) in [5, 5.41) is 3.40. The predicted molar refractivity (Wildman–Crippen MR) is 72.4 cm³/mol. The Labute approximate surface area is 113 Å². The SMILES string of the molecule is COC(CNCc1ccc2c(c1)OCCO2)=C1CC1. The molecule has 1 aliphatic heterocycles. The second-order valence-electron chi connectivity index (χ2n) is 4.81. The van der Waals surface area contributed by atoms with E-state index in [0.717, 1.165) is 30.3 Å². The lowest BCUT2D eigenvalue weighted by atomic mass is 10.2. The van der Waals surface area contributed by atoms with Gasteiger partial charge in [-0.25, -0.2) is 0 Å². The highest BCUT2D eigenvalue weighted by Crippen LogP contribution is 2.32. The Morgan fingerprint density at radius 1 is 1.21 bits per heavy atom. The number of hydrogen-bond acceptors (Lipinski definition) is 4. The van der Waals surface area contributed by atoms with Gasteiger partial charge in [-0.05, 0) is 36.1 Å². The molecule has 3 rings (SSSR count). The highest BCUT2D eigenvalue weighted by Gasteiger charge is 2.18. The molecule has 1 aromatic rings. The molecule has 2 aliphatic rings. The van der Waals surface area contributed by atoms with E-state index in [1.807, 2.05) is 12.1 Å². The van der Waals surface area contributed by atoms with E-state index in [4.69, 9.17) is 14.2 Å². The maximum absolute atomic E-state index is 5.57. The molecule has 4 nitrogen and oxygen atoms in total. The molecule has 1 fully saturated rings. The molecule has 1 aromatic carbocycles. The van der Waals surface area contributed by atoms with Gasteiger partial charge in [-0.3, -0.25) is 0 Å². The minimum atomic E-state index is 0.629. The summed E-state index contributed by atoms with van der Waals surface area (Å²) in [5.41, 5.74) is 2.64. The van der Waals surface area contributed by atoms with Crippen LogP contribution in [0, 0.1) is 0 Å². The van der Waals surface area contributed by atoms with Crippen molar-refractivity contribution in [1.29, 1.82) is 0 Å². The first kappa shape index (κ1) is 12.4. The van der Waals surface area contributed by atoms with Gasteiger partial charge >= 0.3 is 0 Å². The van der Waals surface area contributed by atoms with E-state index in [2.05, 4.69) is 11.4 Å². The first-order valence-electron chi connectivity index (χ1n) is 6.71. The van der Waals surface area contributed by atoms with Crippen molar-refractivity contribution in [2.24, 2.45) is 0 Å². The lowest BCUT2D eigenvalue weighted by Crippen LogP contribution is -2.19. The van der Waals surface area contributed by atoms with Crippen molar-refractivity contribution in [1.82, 2.24) is 5.32 Å². The fraction of sp³-hybridized carbons (Fsp3) is 0.467. The van der Waals surface area contributed by atoms with Gasteiger partial charge in [0.15, 0.2) is 11.5 Å². The van der Waals surface area contributed by atoms with Crippen molar-refractivity contribution < 1.29 is 14.2 Å². The number of ether oxygens (including phenoxy) is 3. The van der Waals surface area contributed by atoms with Crippen molar-refractivity contribution in [2.75, 3.05) is 26.9 Å². The lowest BCUT2D eigenvalue weighted by Gasteiger charge is -2.19. The monoisotopic (exact) mass is 261 g/mol. The third-order valence-electron chi connectivity index (χ3n) is 3.36. The molecule has 0 spiro atoms. The largest absolute Gasteiger partial charge is 0.500 e. The summed E-state index contributed by atoms with van der Waals surface area (Å²) in [4.78, 5) is 0. The van der Waals surface area contributed by atoms with Crippen molar-refractivity contribution in [3.8, 4) is 11.5 Å². The third-order valence-corrected chi connectivity index (χ3v) is 3.36. The molecule has 0 aromatic heterocycles. The first-order chi connectivity index (χ1) is 9.36. The fourth-order valence-electron chi connectivity index (χ4n) is 2.20. The third kappa shape index (κ3) is 3.01. The summed E-state index contributed by atoms with van der Waals surface area (Å²) < 4.78 is 16.5. The molecule has 0 amide bonds. The molecule has 19 heavy (non-hydrogen) atoms. The van der Waals surface area contributed by atoms with Crippen molar-refractivity contribution in [3.05, 3.63) is 35.1 Å². The number of nitrogens with one attached hydrogen (secondary N) is 1. The van der Waals surface area contributed by atoms with E-state index >= 15 is 0 Å². The number of benzene rings is 1. The van der Waals surface area contributed by atoms with E-state index in [1.54, 1.807) is 7.11 Å². The molecule has 1 N–H and O–H groups in total. The molecular formula is C15H19NO3. The average molecular weight is 261 g/mol. The van der Waals surface area contributed by atoms with Crippen LogP contribution in [0.1, 0.15) is 18.4 Å². The molecule has 0 bridgehead atoms. The minimum absolute atomic E-state index is 0.629. The molecular weight excluding hydrogens is 242 g/mol. The predicted octanol–water partition coefficient (Wildman–Crippen LogP) is 2.24. The van der Waals surface area contributed by atoms with Crippen LogP contribution < -0.4 is 14.8 Å². The van der Waals surface area contributed by atoms with Crippen LogP contribution in [0.15, 0.2) is 29.5 Å². The summed E-state index contributed by atoms with van der Waals surface area (Å²) >= 11 is 0. The summed E-state index contributed by atoms with van der Waals surface area (Å²) in [7, 11) is 1.74. The van der Waals surface area contributed by atoms with Crippen LogP contribution in [0.3, 0.4) is 0 Å². The molecule has 0 unspecified atom stereocenters. The van der Waals surface area contributed by atoms with Gasteiger partial charge in [0.2, 0.25) is 0 Å². The van der Waals surface area contributed by atoms with Gasteiger partial charge in [-0.15, -0.1) is 0 Å². The number of hydrogen-bond donors (Lipinski definition) is 1. The molecule has 0 radical (unpaired) electrons. The van der Waals surface area contributed by atoms with Gasteiger partial charge in [-0.2, -0.15) is 0 Å². The number of allylic oxidation sites excluding steroid dienone is 1. The van der Waals surface area contributed by atoms with E-state index < -0.39 is 0 Å². The quantitative estimate of drug-likeness (QED) is 0.825. The standard InChI is InChI=1S/C15H19NO3/c1-17-15(12-3-4-12)10-16-9-11-2-5-13-14(8-11)19-7-6-18-13/h2,5,8,16H,3-4,6-7,9-10H2,1H3. The van der Waals surface area contributed by atoms with Gasteiger partial charge in [0, 0.05) is 6.54 Å². The zero-order chi connectivity index (χ0) is 13.1. The summed E-state index contributed by atoms with van der Waals surface area (Å²) in [6.07, 6.45) is 2.38. The zero-order valence-electron chi connectivity index (χ0n) is 11.2. The van der Waals surface area contributed by atoms with Gasteiger partial charge in [-0.1, -0.05) is 6.07 Å². The molecule has 0 saturated heterocycles. The van der Waals surface area contributed by atoms with Crippen LogP contribution in [-0.4, -0.2) is 26.9 Å². The van der Waals surface area contributed by atoms with Crippen LogP contribution in [0.4, 0.5) is 0 Å². The Kier molecular flexibility index (Phi) is 3.60. The Bertz CT molecular complexity index is 490. The van der Waals surface area contributed by atoms with E-state index in [0.29, 0.717) is 13.2 Å². The van der Waals surface area contributed by atoms with E-state index in [-0.39, 0.29) is 0 Å². The normalized spacial score (nSPS) is 16.2. The molecule has 1 heterocycles. The number of rotatable bonds is 5. The summed E-state index contributed by atoms with van der Waals surface area (Å²) in [6, 6.07) is 6.08. The summed E-state index contributed by atoms with van der Waals surface area (Å²) in [5.74, 6) is 2.78. The van der Waals surface area contributed by atoms with Gasteiger partial charge in [0.05, 0.1) is 13.7 Å². The topological polar surface area (TPSA) is 39.7 Å². The Hall–Kier alpha value is -1.68. The second-order valence-corrected chi connectivity index (χ2v) is 4.81. The van der Waals surface area contributed by atoms with E-state index in [9.17, 15) is 0 Å². The Balaban J connectivity index is 1.56. The number of methoxy groups -OCH3 is 1. The maximum Gasteiger partial charge on any atom is 0.161 e. The van der Waals surface area contributed by atoms with Crippen LogP contribution in [0.25, 0.3) is 0 Å². The zero-order valence-corrected chi connectivity index (χ0v) is 11.2.